The molecule has 172 valence electrons. The predicted molar refractivity (Wildman–Crippen MR) is 133 cm³/mol. The summed E-state index contributed by atoms with van der Waals surface area (Å²) in [4.78, 5) is 5.16. The molecule has 1 fully saturated rings. The van der Waals surface area contributed by atoms with Gasteiger partial charge in [0.2, 0.25) is 0 Å². The van der Waals surface area contributed by atoms with Gasteiger partial charge in [0.05, 0.1) is 19.3 Å². The van der Waals surface area contributed by atoms with Gasteiger partial charge < -0.3 is 14.7 Å². The summed E-state index contributed by atoms with van der Waals surface area (Å²) < 4.78 is 5.36. The molecule has 2 unspecified atom stereocenters. The molecule has 5 rings (SSSR count). The number of aliphatic hydroxyl groups is 1. The van der Waals surface area contributed by atoms with Gasteiger partial charge in [0.1, 0.15) is 5.75 Å². The molecule has 0 radical (unpaired) electrons. The molecule has 1 saturated heterocycles. The Morgan fingerprint density at radius 1 is 0.879 bits per heavy atom. The van der Waals surface area contributed by atoms with E-state index in [1.165, 1.54) is 16.7 Å². The highest BCUT2D eigenvalue weighted by Crippen LogP contribution is 2.37. The third-order valence-corrected chi connectivity index (χ3v) is 7.40. The SMILES string of the molecule is COc1ccc2c(c1)CCC(CN1CCN(C(c3ccccc3)c3ccccc3)CC1)C2O. The lowest BCUT2D eigenvalue weighted by molar-refractivity contribution is 0.0420. The zero-order valence-electron chi connectivity index (χ0n) is 19.4. The van der Waals surface area contributed by atoms with Crippen molar-refractivity contribution in [3.8, 4) is 5.75 Å². The van der Waals surface area contributed by atoms with Crippen molar-refractivity contribution in [3.05, 3.63) is 101 Å². The highest BCUT2D eigenvalue weighted by Gasteiger charge is 2.32. The molecule has 0 bridgehead atoms. The topological polar surface area (TPSA) is 35.9 Å². The van der Waals surface area contributed by atoms with Crippen molar-refractivity contribution < 1.29 is 9.84 Å². The number of hydrogen-bond donors (Lipinski definition) is 1. The van der Waals surface area contributed by atoms with Crippen molar-refractivity contribution in [2.45, 2.75) is 25.0 Å². The molecule has 0 spiro atoms. The number of ether oxygens (including phenoxy) is 1. The highest BCUT2D eigenvalue weighted by atomic mass is 16.5. The average Bonchev–Trinajstić information content (AvgIpc) is 2.88. The van der Waals surface area contributed by atoms with Crippen LogP contribution >= 0.6 is 0 Å². The second-order valence-corrected chi connectivity index (χ2v) is 9.37. The van der Waals surface area contributed by atoms with Crippen molar-refractivity contribution in [2.75, 3.05) is 39.8 Å². The summed E-state index contributed by atoms with van der Waals surface area (Å²) in [5, 5.41) is 11.1. The fraction of sp³-hybridized carbons (Fsp3) is 0.379. The molecule has 1 N–H and O–H groups in total. The Kier molecular flexibility index (Phi) is 6.77. The quantitative estimate of drug-likeness (QED) is 0.600. The molecule has 4 heteroatoms. The number of rotatable bonds is 6. The lowest BCUT2D eigenvalue weighted by atomic mass is 9.81. The van der Waals surface area contributed by atoms with Gasteiger partial charge in [-0.25, -0.2) is 0 Å². The van der Waals surface area contributed by atoms with Crippen molar-refractivity contribution in [1.29, 1.82) is 0 Å². The van der Waals surface area contributed by atoms with Crippen molar-refractivity contribution >= 4 is 0 Å². The van der Waals surface area contributed by atoms with Gasteiger partial charge in [0, 0.05) is 38.6 Å². The van der Waals surface area contributed by atoms with Crippen LogP contribution in [0.3, 0.4) is 0 Å². The van der Waals surface area contributed by atoms with E-state index in [0.29, 0.717) is 0 Å². The summed E-state index contributed by atoms with van der Waals surface area (Å²) in [5.74, 6) is 1.17. The summed E-state index contributed by atoms with van der Waals surface area (Å²) in [6, 6.07) is 28.1. The number of piperazine rings is 1. The molecule has 1 heterocycles. The Morgan fingerprint density at radius 2 is 1.52 bits per heavy atom. The summed E-state index contributed by atoms with van der Waals surface area (Å²) >= 11 is 0. The monoisotopic (exact) mass is 442 g/mol. The molecule has 1 aliphatic carbocycles. The van der Waals surface area contributed by atoms with Crippen LogP contribution < -0.4 is 4.74 Å². The van der Waals surface area contributed by atoms with Gasteiger partial charge in [0.15, 0.2) is 0 Å². The van der Waals surface area contributed by atoms with Crippen LogP contribution in [0, 0.1) is 5.92 Å². The van der Waals surface area contributed by atoms with Gasteiger partial charge in [-0.15, -0.1) is 0 Å². The fourth-order valence-electron chi connectivity index (χ4n) is 5.58. The Bertz CT molecular complexity index is 993. The predicted octanol–water partition coefficient (Wildman–Crippen LogP) is 4.70. The summed E-state index contributed by atoms with van der Waals surface area (Å²) in [5.41, 5.74) is 5.02. The first-order chi connectivity index (χ1) is 16.2. The van der Waals surface area contributed by atoms with Crippen LogP contribution in [0.1, 0.15) is 40.8 Å². The number of fused-ring (bicyclic) bond motifs is 1. The molecule has 0 amide bonds. The van der Waals surface area contributed by atoms with Gasteiger partial charge in [-0.1, -0.05) is 66.7 Å². The number of nitrogens with zero attached hydrogens (tertiary/aromatic N) is 2. The Balaban J connectivity index is 1.24. The molecule has 3 aromatic rings. The van der Waals surface area contributed by atoms with E-state index in [0.717, 1.165) is 56.9 Å². The normalized spacial score (nSPS) is 21.7. The molecule has 0 saturated carbocycles. The van der Waals surface area contributed by atoms with Crippen LogP contribution in [0.5, 0.6) is 5.75 Å². The van der Waals surface area contributed by atoms with E-state index in [2.05, 4.69) is 76.5 Å². The minimum Gasteiger partial charge on any atom is -0.497 e. The smallest absolute Gasteiger partial charge is 0.119 e. The van der Waals surface area contributed by atoms with Crippen LogP contribution in [0.2, 0.25) is 0 Å². The number of benzene rings is 3. The fourth-order valence-corrected chi connectivity index (χ4v) is 5.58. The standard InChI is InChI=1S/C29H34N2O2/c1-33-26-14-15-27-24(20-26)12-13-25(29(27)32)21-30-16-18-31(19-17-30)28(22-8-4-2-5-9-22)23-10-6-3-7-11-23/h2-11,14-15,20,25,28-29,32H,12-13,16-19,21H2,1H3. The minimum absolute atomic E-state index is 0.288. The lowest BCUT2D eigenvalue weighted by Gasteiger charge is -2.42. The Hall–Kier alpha value is -2.66. The minimum atomic E-state index is -0.390. The number of aryl methyl sites for hydroxylation is 1. The van der Waals surface area contributed by atoms with Gasteiger partial charge >= 0.3 is 0 Å². The van der Waals surface area contributed by atoms with Crippen LogP contribution in [-0.2, 0) is 6.42 Å². The van der Waals surface area contributed by atoms with E-state index in [-0.39, 0.29) is 18.1 Å². The molecule has 2 atom stereocenters. The second-order valence-electron chi connectivity index (χ2n) is 9.37. The highest BCUT2D eigenvalue weighted by molar-refractivity contribution is 5.39. The summed E-state index contributed by atoms with van der Waals surface area (Å²) in [6.07, 6.45) is 1.65. The van der Waals surface area contributed by atoms with Crippen LogP contribution in [-0.4, -0.2) is 54.7 Å². The number of aliphatic hydroxyl groups excluding tert-OH is 1. The van der Waals surface area contributed by atoms with E-state index < -0.39 is 0 Å². The maximum absolute atomic E-state index is 11.1. The molecule has 33 heavy (non-hydrogen) atoms. The summed E-state index contributed by atoms with van der Waals surface area (Å²) in [7, 11) is 1.70. The number of methoxy groups -OCH3 is 1. The molecule has 3 aromatic carbocycles. The van der Waals surface area contributed by atoms with Crippen molar-refractivity contribution in [2.24, 2.45) is 5.92 Å². The van der Waals surface area contributed by atoms with Gasteiger partial charge in [0.25, 0.3) is 0 Å². The first kappa shape index (κ1) is 22.1. The molecule has 4 nitrogen and oxygen atoms in total. The number of hydrogen-bond acceptors (Lipinski definition) is 4. The van der Waals surface area contributed by atoms with E-state index >= 15 is 0 Å². The second kappa shape index (κ2) is 10.1. The van der Waals surface area contributed by atoms with Crippen molar-refractivity contribution in [3.63, 3.8) is 0 Å². The average molecular weight is 443 g/mol. The maximum atomic E-state index is 11.1. The van der Waals surface area contributed by atoms with Crippen molar-refractivity contribution in [1.82, 2.24) is 9.80 Å². The van der Waals surface area contributed by atoms with Gasteiger partial charge in [-0.05, 0) is 47.2 Å². The first-order valence-electron chi connectivity index (χ1n) is 12.1. The third kappa shape index (κ3) is 4.84. The molecule has 0 aromatic heterocycles. The Labute approximate surface area is 197 Å². The molecule has 2 aliphatic rings. The van der Waals surface area contributed by atoms with E-state index in [9.17, 15) is 5.11 Å². The first-order valence-corrected chi connectivity index (χ1v) is 12.1. The zero-order chi connectivity index (χ0) is 22.6. The maximum Gasteiger partial charge on any atom is 0.119 e. The van der Waals surface area contributed by atoms with E-state index in [1.807, 2.05) is 12.1 Å². The van der Waals surface area contributed by atoms with E-state index in [1.54, 1.807) is 7.11 Å². The largest absolute Gasteiger partial charge is 0.497 e. The molecule has 1 aliphatic heterocycles. The van der Waals surface area contributed by atoms with Crippen LogP contribution in [0.25, 0.3) is 0 Å². The Morgan fingerprint density at radius 3 is 2.12 bits per heavy atom. The van der Waals surface area contributed by atoms with Crippen LogP contribution in [0.15, 0.2) is 78.9 Å². The van der Waals surface area contributed by atoms with Crippen LogP contribution in [0.4, 0.5) is 0 Å². The lowest BCUT2D eigenvalue weighted by Crippen LogP contribution is -2.49. The van der Waals surface area contributed by atoms with E-state index in [4.69, 9.17) is 4.74 Å². The summed E-state index contributed by atoms with van der Waals surface area (Å²) in [6.45, 7) is 5.10. The molecular formula is C29H34N2O2. The zero-order valence-corrected chi connectivity index (χ0v) is 19.4. The third-order valence-electron chi connectivity index (χ3n) is 7.40. The van der Waals surface area contributed by atoms with Gasteiger partial charge in [-0.2, -0.15) is 0 Å². The molecular weight excluding hydrogens is 408 g/mol. The van der Waals surface area contributed by atoms with Gasteiger partial charge in [-0.3, -0.25) is 4.90 Å².